The fraction of sp³-hybridized carbons (Fsp3) is 0.500. The van der Waals surface area contributed by atoms with E-state index in [-0.39, 0.29) is 11.8 Å². The van der Waals surface area contributed by atoms with Crippen LogP contribution >= 0.6 is 137 Å². The van der Waals surface area contributed by atoms with Gasteiger partial charge in [-0.25, -0.2) is 0 Å². The minimum atomic E-state index is -0.270. The first kappa shape index (κ1) is 90.9. The Balaban J connectivity index is 0.843. The van der Waals surface area contributed by atoms with Crippen molar-refractivity contribution in [2.24, 2.45) is 9.98 Å². The highest BCUT2D eigenvalue weighted by Gasteiger charge is 2.30. The lowest BCUT2D eigenvalue weighted by Gasteiger charge is -2.09. The van der Waals surface area contributed by atoms with E-state index in [2.05, 4.69) is 150 Å². The number of unbranched alkanes of at least 4 members (excludes halogenated alkanes) is 30. The molecule has 0 radical (unpaired) electrons. The SMILES string of the molecule is CCCCCCCCSC1=NC(=O)/C(=C/c2cc(CCCCCCCC)c(-c3ccc(-c4sc(-c5cc6c(-c7ccc(C)s7)c7sc(-c8cc(CCCCCCCC)c(-c9ccc(-c%10sc(/C=C%11\OC(SCCCCCCCC)=NC%11=O)cc%10CCCCCCCC)s9)s8)cc7c(-c7ccc(C)s7)c6s5)cc4CCCCCCCC)s3)s2)O1. The van der Waals surface area contributed by atoms with Crippen molar-refractivity contribution in [2.75, 3.05) is 11.5 Å². The third kappa shape index (κ3) is 24.8. The number of amides is 2. The van der Waals surface area contributed by atoms with Crippen molar-refractivity contribution >= 4 is 191 Å². The topological polar surface area (TPSA) is 77.3 Å². The van der Waals surface area contributed by atoms with E-state index in [1.165, 1.54) is 337 Å². The summed E-state index contributed by atoms with van der Waals surface area (Å²) in [7, 11) is 0. The van der Waals surface area contributed by atoms with Crippen LogP contribution in [0.2, 0.25) is 0 Å². The van der Waals surface area contributed by atoms with Crippen molar-refractivity contribution in [3.8, 4) is 79.4 Å². The molecule has 0 N–H and O–H groups in total. The highest BCUT2D eigenvalue weighted by molar-refractivity contribution is 8.13. The molecule has 0 spiro atoms. The molecule has 2 aliphatic rings. The molecule has 12 heterocycles. The highest BCUT2D eigenvalue weighted by Crippen LogP contribution is 2.57. The van der Waals surface area contributed by atoms with Crippen molar-refractivity contribution < 1.29 is 19.1 Å². The van der Waals surface area contributed by atoms with Gasteiger partial charge >= 0.3 is 11.8 Å². The summed E-state index contributed by atoms with van der Waals surface area (Å²) in [4.78, 5) is 59.3. The number of thiophene rings is 10. The van der Waals surface area contributed by atoms with Crippen molar-refractivity contribution in [3.05, 3.63) is 138 Å². The van der Waals surface area contributed by atoms with Gasteiger partial charge in [-0.3, -0.25) is 9.59 Å². The molecule has 0 fully saturated rings. The van der Waals surface area contributed by atoms with E-state index in [4.69, 9.17) is 9.47 Å². The molecular formula is C100H124N2O4S12. The van der Waals surface area contributed by atoms with E-state index in [1.807, 2.05) is 103 Å². The third-order valence-corrected chi connectivity index (χ3v) is 36.7. The number of ether oxygens (including phenoxy) is 2. The van der Waals surface area contributed by atoms with Crippen molar-refractivity contribution in [3.63, 3.8) is 0 Å². The summed E-state index contributed by atoms with van der Waals surface area (Å²) in [5, 5.41) is 3.71. The number of nitrogens with zero attached hydrogens (tertiary/aromatic N) is 2. The zero-order valence-electron chi connectivity index (χ0n) is 71.4. The van der Waals surface area contributed by atoms with Gasteiger partial charge in [0, 0.05) is 143 Å². The zero-order chi connectivity index (χ0) is 82.0. The standard InChI is InChI=1S/C100H124N2O4S12/c1-9-15-21-27-33-39-45-69-59-73(63-77-97(103)101-99(105-77)107-57-43-37-31-25-19-13-5)111-91(69)81-53-55-83(113-81)93-71(47-41-35-29-23-17-11-3)61-85(115-93)87-65-75-89(79-51-49-67(7)109-79)96-76(90(95(75)117-87)80-52-50-68(8)110-80)66-88(118-96)86-62-72(48-42-36-30-24-18-12-4)94(116-86)84-56-54-82(114-84)92-70(46-40-34-28-22-16-10-2)60-74(112-92)64-78-98(104)102-100(106-78)108-58-44-38-32-26-20-14-6/h49-56,59-66H,9-48,57-58H2,1-8H3/b77-63-,78-64-. The maximum atomic E-state index is 13.5. The quantitative estimate of drug-likeness (QED) is 0.0279. The Labute approximate surface area is 754 Å². The van der Waals surface area contributed by atoms with E-state index in [0.29, 0.717) is 22.0 Å². The molecular weight excluding hydrogens is 1680 g/mol. The Morgan fingerprint density at radius 1 is 0.297 bits per heavy atom. The first-order chi connectivity index (χ1) is 57.9. The monoisotopic (exact) mass is 1800 g/mol. The number of carbonyl (C=O) groups is 2. The molecule has 13 rings (SSSR count). The minimum absolute atomic E-state index is 0.270. The van der Waals surface area contributed by atoms with Gasteiger partial charge in [-0.2, -0.15) is 9.98 Å². The number of aliphatic imine (C=N–C) groups is 2. The normalized spacial score (nSPS) is 13.9. The Morgan fingerprint density at radius 3 is 0.907 bits per heavy atom. The van der Waals surface area contributed by atoms with Crippen molar-refractivity contribution in [2.45, 2.75) is 312 Å². The Hall–Kier alpha value is -4.80. The molecule has 18 heteroatoms. The van der Waals surface area contributed by atoms with Gasteiger partial charge in [-0.05, 0) is 185 Å². The van der Waals surface area contributed by atoms with Gasteiger partial charge in [-0.1, -0.05) is 258 Å². The third-order valence-electron chi connectivity index (χ3n) is 22.7. The zero-order valence-corrected chi connectivity index (χ0v) is 81.2. The van der Waals surface area contributed by atoms with E-state index in [9.17, 15) is 9.59 Å². The van der Waals surface area contributed by atoms with Crippen LogP contribution in [0, 0.1) is 13.8 Å². The number of rotatable bonds is 52. The van der Waals surface area contributed by atoms with Gasteiger partial charge < -0.3 is 9.47 Å². The number of aryl methyl sites for hydroxylation is 6. The average molecular weight is 1800 g/mol. The number of fused-ring (bicyclic) bond motifs is 2. The Kier molecular flexibility index (Phi) is 36.5. The summed E-state index contributed by atoms with van der Waals surface area (Å²) in [6.45, 7) is 18.3. The van der Waals surface area contributed by atoms with Crippen LogP contribution in [-0.4, -0.2) is 33.8 Å². The van der Waals surface area contributed by atoms with Gasteiger partial charge in [0.05, 0.1) is 0 Å². The van der Waals surface area contributed by atoms with Crippen LogP contribution < -0.4 is 0 Å². The maximum Gasteiger partial charge on any atom is 0.316 e. The molecule has 11 aromatic rings. The van der Waals surface area contributed by atoms with Crippen molar-refractivity contribution in [1.29, 1.82) is 0 Å². The Bertz CT molecular complexity index is 4790. The lowest BCUT2D eigenvalue weighted by Crippen LogP contribution is -1.95. The molecule has 0 unspecified atom stereocenters. The first-order valence-electron chi connectivity index (χ1n) is 45.1. The maximum absolute atomic E-state index is 13.5. The van der Waals surface area contributed by atoms with Gasteiger partial charge in [-0.15, -0.1) is 113 Å². The highest BCUT2D eigenvalue weighted by atomic mass is 32.2. The second-order valence-corrected chi connectivity index (χ2v) is 45.6. The van der Waals surface area contributed by atoms with E-state index in [1.54, 1.807) is 46.2 Å². The summed E-state index contributed by atoms with van der Waals surface area (Å²) >= 11 is 22.6. The van der Waals surface area contributed by atoms with E-state index < -0.39 is 0 Å². The fourth-order valence-corrected chi connectivity index (χ4v) is 29.7. The van der Waals surface area contributed by atoms with Gasteiger partial charge in [0.25, 0.3) is 10.5 Å². The van der Waals surface area contributed by atoms with Crippen LogP contribution in [0.25, 0.3) is 112 Å². The number of benzene rings is 1. The van der Waals surface area contributed by atoms with Crippen LogP contribution in [0.5, 0.6) is 0 Å². The second kappa shape index (κ2) is 47.3. The molecule has 1 aromatic carbocycles. The Morgan fingerprint density at radius 2 is 0.585 bits per heavy atom. The molecule has 2 aliphatic heterocycles. The fourth-order valence-electron chi connectivity index (χ4n) is 16.2. The molecule has 0 aliphatic carbocycles. The van der Waals surface area contributed by atoms with Gasteiger partial charge in [0.1, 0.15) is 0 Å². The molecule has 118 heavy (non-hydrogen) atoms. The predicted molar refractivity (Wildman–Crippen MR) is 536 cm³/mol. The second-order valence-electron chi connectivity index (χ2n) is 32.4. The van der Waals surface area contributed by atoms with Crippen molar-refractivity contribution in [1.82, 2.24) is 0 Å². The lowest BCUT2D eigenvalue weighted by molar-refractivity contribution is -0.115. The van der Waals surface area contributed by atoms with Crippen LogP contribution in [0.1, 0.15) is 314 Å². The van der Waals surface area contributed by atoms with E-state index in [0.717, 1.165) is 72.6 Å². The molecule has 630 valence electrons. The number of carbonyl (C=O) groups excluding carboxylic acids is 2. The summed E-state index contributed by atoms with van der Waals surface area (Å²) in [6, 6.07) is 34.2. The van der Waals surface area contributed by atoms with Crippen LogP contribution in [0.15, 0.2) is 106 Å². The number of thioether (sulfide) groups is 2. The lowest BCUT2D eigenvalue weighted by atomic mass is 9.99. The summed E-state index contributed by atoms with van der Waals surface area (Å²) < 4.78 is 15.2. The molecule has 0 saturated carbocycles. The molecule has 0 saturated heterocycles. The summed E-state index contributed by atoms with van der Waals surface area (Å²) in [5.41, 5.74) is 8.44. The van der Waals surface area contributed by atoms with Crippen LogP contribution in [0.4, 0.5) is 0 Å². The molecule has 6 nitrogen and oxygen atoms in total. The largest absolute Gasteiger partial charge is 0.428 e. The van der Waals surface area contributed by atoms with Crippen LogP contribution in [0.3, 0.4) is 0 Å². The van der Waals surface area contributed by atoms with Gasteiger partial charge in [0.15, 0.2) is 11.5 Å². The predicted octanol–water partition coefficient (Wildman–Crippen LogP) is 36.9. The first-order valence-corrected chi connectivity index (χ1v) is 55.2. The molecule has 2 amide bonds. The average Bonchev–Trinajstić information content (AvgIpc) is 1.56. The molecule has 10 aromatic heterocycles. The van der Waals surface area contributed by atoms with Gasteiger partial charge in [0.2, 0.25) is 0 Å². The molecule has 0 bridgehead atoms. The van der Waals surface area contributed by atoms with Crippen LogP contribution in [-0.2, 0) is 44.7 Å². The number of hydrogen-bond donors (Lipinski definition) is 0. The minimum Gasteiger partial charge on any atom is -0.428 e. The summed E-state index contributed by atoms with van der Waals surface area (Å²) in [6.07, 6.45) is 53.0. The summed E-state index contributed by atoms with van der Waals surface area (Å²) in [5.74, 6) is 1.97. The number of hydrogen-bond acceptors (Lipinski definition) is 16. The molecule has 0 atom stereocenters. The smallest absolute Gasteiger partial charge is 0.316 e. The van der Waals surface area contributed by atoms with E-state index >= 15 is 0 Å².